The van der Waals surface area contributed by atoms with Gasteiger partial charge in [-0.1, -0.05) is 5.16 Å². The van der Waals surface area contributed by atoms with Gasteiger partial charge in [0.25, 0.3) is 0 Å². The van der Waals surface area contributed by atoms with Crippen LogP contribution in [0, 0.1) is 0 Å². The second-order valence-corrected chi connectivity index (χ2v) is 6.81. The summed E-state index contributed by atoms with van der Waals surface area (Å²) in [5.74, 6) is 2.05. The zero-order valence-corrected chi connectivity index (χ0v) is 12.0. The summed E-state index contributed by atoms with van der Waals surface area (Å²) in [5.41, 5.74) is 0. The molecule has 5 nitrogen and oxygen atoms in total. The Morgan fingerprint density at radius 2 is 1.90 bits per heavy atom. The van der Waals surface area contributed by atoms with E-state index >= 15 is 0 Å². The van der Waals surface area contributed by atoms with Crippen molar-refractivity contribution in [3.8, 4) is 0 Å². The van der Waals surface area contributed by atoms with Gasteiger partial charge in [0.05, 0.1) is 12.0 Å². The van der Waals surface area contributed by atoms with Crippen LogP contribution in [0.3, 0.4) is 0 Å². The predicted octanol–water partition coefficient (Wildman–Crippen LogP) is 2.04. The molecular formula is C15H23N3O2. The lowest BCUT2D eigenvalue weighted by Gasteiger charge is -2.34. The number of hydrogen-bond donors (Lipinski definition) is 1. The van der Waals surface area contributed by atoms with E-state index < -0.39 is 0 Å². The summed E-state index contributed by atoms with van der Waals surface area (Å²) in [6.45, 7) is 0. The second kappa shape index (κ2) is 4.81. The van der Waals surface area contributed by atoms with E-state index in [9.17, 15) is 5.11 Å². The maximum Gasteiger partial charge on any atom is 0.232 e. The van der Waals surface area contributed by atoms with Crippen LogP contribution < -0.4 is 0 Å². The number of aromatic nitrogens is 2. The minimum Gasteiger partial charge on any atom is -0.392 e. The van der Waals surface area contributed by atoms with E-state index in [1.54, 1.807) is 0 Å². The van der Waals surface area contributed by atoms with Crippen LogP contribution in [0.1, 0.15) is 68.5 Å². The molecule has 0 amide bonds. The quantitative estimate of drug-likeness (QED) is 0.896. The number of piperidine rings is 1. The summed E-state index contributed by atoms with van der Waals surface area (Å²) >= 11 is 0. The fourth-order valence-electron chi connectivity index (χ4n) is 4.41. The van der Waals surface area contributed by atoms with E-state index in [1.165, 1.54) is 12.8 Å². The summed E-state index contributed by atoms with van der Waals surface area (Å²) in [5, 5.41) is 14.2. The monoisotopic (exact) mass is 277 g/mol. The number of hydrogen-bond acceptors (Lipinski definition) is 5. The van der Waals surface area contributed by atoms with Crippen molar-refractivity contribution in [3.05, 3.63) is 11.7 Å². The van der Waals surface area contributed by atoms with Gasteiger partial charge in [0.1, 0.15) is 0 Å². The molecule has 4 rings (SSSR count). The highest BCUT2D eigenvalue weighted by Gasteiger charge is 2.41. The smallest absolute Gasteiger partial charge is 0.232 e. The molecule has 20 heavy (non-hydrogen) atoms. The third-order valence-corrected chi connectivity index (χ3v) is 5.72. The summed E-state index contributed by atoms with van der Waals surface area (Å²) in [4.78, 5) is 7.16. The number of aliphatic hydroxyl groups excluding tert-OH is 1. The highest BCUT2D eigenvalue weighted by Crippen LogP contribution is 2.42. The van der Waals surface area contributed by atoms with Crippen molar-refractivity contribution >= 4 is 0 Å². The van der Waals surface area contributed by atoms with Crippen molar-refractivity contribution in [3.63, 3.8) is 0 Å². The Labute approximate surface area is 119 Å². The van der Waals surface area contributed by atoms with E-state index in [2.05, 4.69) is 22.1 Å². The van der Waals surface area contributed by atoms with Crippen molar-refractivity contribution in [2.24, 2.45) is 0 Å². The first-order valence-electron chi connectivity index (χ1n) is 7.96. The van der Waals surface area contributed by atoms with Gasteiger partial charge in [-0.15, -0.1) is 0 Å². The number of nitrogens with zero attached hydrogens (tertiary/aromatic N) is 3. The molecule has 2 bridgehead atoms. The molecule has 1 aliphatic carbocycles. The zero-order chi connectivity index (χ0) is 13.7. The van der Waals surface area contributed by atoms with Gasteiger partial charge in [-0.05, 0) is 52.0 Å². The maximum atomic E-state index is 9.96. The molecule has 0 radical (unpaired) electrons. The standard InChI is InChI=1S/C15H23N3O2/c1-18-10-5-6-11(18)8-9(7-10)14-16-15(20-17-14)12-3-2-4-13(12)19/h9-13,19H,2-8H2,1H3. The number of aliphatic hydroxyl groups is 1. The first-order chi connectivity index (χ1) is 9.72. The van der Waals surface area contributed by atoms with Crippen molar-refractivity contribution in [2.75, 3.05) is 7.05 Å². The molecule has 0 aromatic carbocycles. The Morgan fingerprint density at radius 3 is 2.55 bits per heavy atom. The van der Waals surface area contributed by atoms with E-state index in [4.69, 9.17) is 4.52 Å². The van der Waals surface area contributed by atoms with Gasteiger partial charge in [-0.3, -0.25) is 0 Å². The average molecular weight is 277 g/mol. The lowest BCUT2D eigenvalue weighted by atomic mass is 9.90. The minimum atomic E-state index is -0.294. The van der Waals surface area contributed by atoms with E-state index in [-0.39, 0.29) is 12.0 Å². The minimum absolute atomic E-state index is 0.0687. The molecule has 5 heteroatoms. The van der Waals surface area contributed by atoms with Gasteiger partial charge in [-0.2, -0.15) is 4.98 Å². The molecule has 3 aliphatic rings. The zero-order valence-electron chi connectivity index (χ0n) is 12.0. The molecule has 0 spiro atoms. The normalized spacial score (nSPS) is 41.4. The number of fused-ring (bicyclic) bond motifs is 2. The van der Waals surface area contributed by atoms with Gasteiger partial charge < -0.3 is 14.5 Å². The third-order valence-electron chi connectivity index (χ3n) is 5.72. The van der Waals surface area contributed by atoms with Gasteiger partial charge in [0.2, 0.25) is 5.89 Å². The molecule has 1 N–H and O–H groups in total. The van der Waals surface area contributed by atoms with E-state index in [0.717, 1.165) is 37.9 Å². The molecule has 4 unspecified atom stereocenters. The van der Waals surface area contributed by atoms with Crippen molar-refractivity contribution < 1.29 is 9.63 Å². The van der Waals surface area contributed by atoms with Crippen LogP contribution in [0.25, 0.3) is 0 Å². The van der Waals surface area contributed by atoms with Gasteiger partial charge >= 0.3 is 0 Å². The molecule has 1 aromatic rings. The highest BCUT2D eigenvalue weighted by atomic mass is 16.5. The van der Waals surface area contributed by atoms with Crippen LogP contribution in [-0.4, -0.2) is 45.4 Å². The molecule has 2 aliphatic heterocycles. The van der Waals surface area contributed by atoms with Crippen LogP contribution in [-0.2, 0) is 0 Å². The first-order valence-corrected chi connectivity index (χ1v) is 7.96. The van der Waals surface area contributed by atoms with Gasteiger partial charge in [-0.25, -0.2) is 0 Å². The topological polar surface area (TPSA) is 62.4 Å². The van der Waals surface area contributed by atoms with Crippen LogP contribution >= 0.6 is 0 Å². The van der Waals surface area contributed by atoms with E-state index in [0.29, 0.717) is 23.9 Å². The van der Waals surface area contributed by atoms with Crippen molar-refractivity contribution in [2.45, 2.75) is 75.0 Å². The van der Waals surface area contributed by atoms with E-state index in [1.807, 2.05) is 0 Å². The number of rotatable bonds is 2. The summed E-state index contributed by atoms with van der Waals surface area (Å²) in [6, 6.07) is 1.38. The Hall–Kier alpha value is -0.940. The molecule has 4 atom stereocenters. The summed E-state index contributed by atoms with van der Waals surface area (Å²) < 4.78 is 5.46. The SMILES string of the molecule is CN1C2CCC1CC(c1noc(C3CCCC3O)n1)C2. The fraction of sp³-hybridized carbons (Fsp3) is 0.867. The van der Waals surface area contributed by atoms with Crippen molar-refractivity contribution in [1.82, 2.24) is 15.0 Å². The molecular weight excluding hydrogens is 254 g/mol. The average Bonchev–Trinajstić information content (AvgIpc) is 3.10. The Kier molecular flexibility index (Phi) is 3.07. The molecule has 110 valence electrons. The molecule has 1 saturated carbocycles. The van der Waals surface area contributed by atoms with Gasteiger partial charge in [0, 0.05) is 18.0 Å². The Morgan fingerprint density at radius 1 is 1.15 bits per heavy atom. The Bertz CT molecular complexity index is 475. The van der Waals surface area contributed by atoms with Gasteiger partial charge in [0.15, 0.2) is 5.82 Å². The summed E-state index contributed by atoms with van der Waals surface area (Å²) in [6.07, 6.45) is 7.52. The predicted molar refractivity (Wildman–Crippen MR) is 73.4 cm³/mol. The molecule has 3 heterocycles. The second-order valence-electron chi connectivity index (χ2n) is 6.81. The maximum absolute atomic E-state index is 9.96. The lowest BCUT2D eigenvalue weighted by Crippen LogP contribution is -2.39. The lowest BCUT2D eigenvalue weighted by molar-refractivity contribution is 0.147. The largest absolute Gasteiger partial charge is 0.392 e. The Balaban J connectivity index is 1.51. The summed E-state index contributed by atoms with van der Waals surface area (Å²) in [7, 11) is 2.25. The van der Waals surface area contributed by atoms with Crippen LogP contribution in [0.5, 0.6) is 0 Å². The molecule has 2 saturated heterocycles. The van der Waals surface area contributed by atoms with Crippen LogP contribution in [0.15, 0.2) is 4.52 Å². The first kappa shape index (κ1) is 12.8. The molecule has 3 fully saturated rings. The third kappa shape index (κ3) is 1.99. The highest BCUT2D eigenvalue weighted by molar-refractivity contribution is 5.08. The molecule has 1 aromatic heterocycles. The van der Waals surface area contributed by atoms with Crippen LogP contribution in [0.4, 0.5) is 0 Å². The van der Waals surface area contributed by atoms with Crippen molar-refractivity contribution in [1.29, 1.82) is 0 Å². The fourth-order valence-corrected chi connectivity index (χ4v) is 4.41. The van der Waals surface area contributed by atoms with Crippen LogP contribution in [0.2, 0.25) is 0 Å².